The molecule has 220 valence electrons. The van der Waals surface area contributed by atoms with Crippen molar-refractivity contribution in [1.82, 2.24) is 0 Å². The van der Waals surface area contributed by atoms with E-state index in [1.807, 2.05) is 0 Å². The normalized spacial score (nSPS) is 18.3. The standard InChI is InChI=1S/2C19H19.C2H4.2ClH.Zr/c2*1-4-15-11-18-14(3)8-9-17(19(18)12-15)16-7-5-6-13(2)10-16;1-2;;;/h2*5-12H,4H2,1-3H3;1-2H2;2*1H;/q;;;;;+2/p-2. The maximum Gasteiger partial charge on any atom is -1.00 e. The minimum Gasteiger partial charge on any atom is -1.00 e. The van der Waals surface area contributed by atoms with Gasteiger partial charge in [0, 0.05) is 0 Å². The molecule has 0 saturated carbocycles. The molecule has 2 unspecified atom stereocenters. The number of rotatable bonds is 6. The van der Waals surface area contributed by atoms with Crippen LogP contribution < -0.4 is 24.8 Å². The molecular formula is C40H42Cl2Zr. The summed E-state index contributed by atoms with van der Waals surface area (Å²) < 4.78 is 4.42. The monoisotopic (exact) mass is 682 g/mol. The van der Waals surface area contributed by atoms with Crippen LogP contribution in [0.5, 0.6) is 0 Å². The van der Waals surface area contributed by atoms with Gasteiger partial charge in [0.05, 0.1) is 0 Å². The van der Waals surface area contributed by atoms with E-state index in [1.54, 1.807) is 22.3 Å². The predicted octanol–water partition coefficient (Wildman–Crippen LogP) is 5.66. The summed E-state index contributed by atoms with van der Waals surface area (Å²) in [6.45, 7) is 14.0. The fourth-order valence-electron chi connectivity index (χ4n) is 8.42. The quantitative estimate of drug-likeness (QED) is 0.246. The van der Waals surface area contributed by atoms with E-state index >= 15 is 0 Å². The van der Waals surface area contributed by atoms with Crippen molar-refractivity contribution < 1.29 is 45.1 Å². The summed E-state index contributed by atoms with van der Waals surface area (Å²) in [5, 5.41) is 0. The molecule has 3 aliphatic rings. The maximum atomic E-state index is 2.64. The summed E-state index contributed by atoms with van der Waals surface area (Å²) in [4.78, 5) is 0. The van der Waals surface area contributed by atoms with Crippen molar-refractivity contribution in [1.29, 1.82) is 0 Å². The Morgan fingerprint density at radius 2 is 1.00 bits per heavy atom. The third-order valence-electron chi connectivity index (χ3n) is 10.4. The largest absolute Gasteiger partial charge is 1.00 e. The van der Waals surface area contributed by atoms with Crippen LogP contribution in [0.4, 0.5) is 0 Å². The van der Waals surface area contributed by atoms with Gasteiger partial charge in [0.1, 0.15) is 0 Å². The number of benzene rings is 4. The van der Waals surface area contributed by atoms with E-state index in [9.17, 15) is 0 Å². The Morgan fingerprint density at radius 3 is 1.35 bits per heavy atom. The first-order valence-electron chi connectivity index (χ1n) is 15.7. The van der Waals surface area contributed by atoms with Crippen molar-refractivity contribution in [3.63, 3.8) is 0 Å². The fraction of sp³-hybridized carbons (Fsp3) is 0.300. The van der Waals surface area contributed by atoms with Crippen LogP contribution in [0.1, 0.15) is 78.4 Å². The summed E-state index contributed by atoms with van der Waals surface area (Å²) >= 11 is -2.74. The second-order valence-corrected chi connectivity index (χ2v) is 24.4. The van der Waals surface area contributed by atoms with Gasteiger partial charge >= 0.3 is 253 Å². The predicted molar refractivity (Wildman–Crippen MR) is 174 cm³/mol. The second kappa shape index (κ2) is 12.3. The number of fused-ring (bicyclic) bond motifs is 2. The van der Waals surface area contributed by atoms with Crippen LogP contribution in [0.25, 0.3) is 34.4 Å². The molecule has 1 saturated heterocycles. The third-order valence-corrected chi connectivity index (χ3v) is 23.4. The van der Waals surface area contributed by atoms with Gasteiger partial charge in [-0.3, -0.25) is 0 Å². The molecule has 1 aliphatic heterocycles. The summed E-state index contributed by atoms with van der Waals surface area (Å²) in [6, 6.07) is 27.9. The summed E-state index contributed by atoms with van der Waals surface area (Å²) in [5.41, 5.74) is 21.2. The molecule has 2 atom stereocenters. The van der Waals surface area contributed by atoms with Crippen LogP contribution in [0.15, 0.2) is 83.9 Å². The smallest absolute Gasteiger partial charge is 1.00 e. The first kappa shape index (κ1) is 32.2. The van der Waals surface area contributed by atoms with Gasteiger partial charge in [-0.25, -0.2) is 0 Å². The van der Waals surface area contributed by atoms with E-state index in [0.717, 1.165) is 12.8 Å². The summed E-state index contributed by atoms with van der Waals surface area (Å²) in [7, 11) is 0. The van der Waals surface area contributed by atoms with Gasteiger partial charge in [0.15, 0.2) is 0 Å². The second-order valence-electron chi connectivity index (χ2n) is 13.0. The first-order chi connectivity index (χ1) is 19.9. The van der Waals surface area contributed by atoms with E-state index in [-0.39, 0.29) is 24.8 Å². The van der Waals surface area contributed by atoms with E-state index in [2.05, 4.69) is 126 Å². The Kier molecular flexibility index (Phi) is 9.23. The van der Waals surface area contributed by atoms with Gasteiger partial charge < -0.3 is 24.8 Å². The molecule has 7 rings (SSSR count). The minimum atomic E-state index is -2.74. The SMILES string of the molecule is CCC1=Cc2c(-c3cccc(C)c3)ccc(C)c2[CH]1[Zr+2]1([CH]2C(CC)=Cc3c(-c4cccc(C)c4)ccc(C)c32)[CH2][CH2]1.[Cl-].[Cl-]. The summed E-state index contributed by atoms with van der Waals surface area (Å²) in [5.74, 6) is 0. The molecule has 0 nitrogen and oxygen atoms in total. The maximum absolute atomic E-state index is 2.74. The molecule has 0 bridgehead atoms. The van der Waals surface area contributed by atoms with Crippen molar-refractivity contribution in [3.8, 4) is 22.3 Å². The minimum absolute atomic E-state index is 0. The average Bonchev–Trinajstić information content (AvgIpc) is 3.48. The van der Waals surface area contributed by atoms with Crippen molar-refractivity contribution in [2.45, 2.75) is 69.9 Å². The molecular weight excluding hydrogens is 643 g/mol. The van der Waals surface area contributed by atoms with Crippen LogP contribution in [-0.4, -0.2) is 0 Å². The van der Waals surface area contributed by atoms with Gasteiger partial charge in [-0.1, -0.05) is 0 Å². The molecule has 2 aliphatic carbocycles. The number of allylic oxidation sites excluding steroid dienone is 2. The Hall–Kier alpha value is -2.18. The molecule has 0 aromatic heterocycles. The molecule has 3 heteroatoms. The van der Waals surface area contributed by atoms with Crippen LogP contribution >= 0.6 is 0 Å². The van der Waals surface area contributed by atoms with E-state index in [0.29, 0.717) is 7.25 Å². The molecule has 0 radical (unpaired) electrons. The Morgan fingerprint density at radius 1 is 0.581 bits per heavy atom. The van der Waals surface area contributed by atoms with Crippen molar-refractivity contribution >= 4 is 12.2 Å². The Balaban J connectivity index is 0.00000184. The number of halogens is 2. The molecule has 0 N–H and O–H groups in total. The third kappa shape index (κ3) is 5.18. The zero-order valence-electron chi connectivity index (χ0n) is 26.3. The van der Waals surface area contributed by atoms with E-state index in [1.165, 1.54) is 63.9 Å². The average molecular weight is 685 g/mol. The topological polar surface area (TPSA) is 0 Å². The van der Waals surface area contributed by atoms with Crippen LogP contribution in [0, 0.1) is 27.7 Å². The molecule has 1 heterocycles. The molecule has 43 heavy (non-hydrogen) atoms. The zero-order chi connectivity index (χ0) is 28.5. The van der Waals surface area contributed by atoms with Gasteiger partial charge in [0.25, 0.3) is 0 Å². The van der Waals surface area contributed by atoms with Crippen LogP contribution in [-0.2, 0) is 20.3 Å². The molecule has 4 aromatic rings. The number of aryl methyl sites for hydroxylation is 4. The van der Waals surface area contributed by atoms with Gasteiger partial charge in [-0.2, -0.15) is 0 Å². The molecule has 0 spiro atoms. The molecule has 1 fully saturated rings. The van der Waals surface area contributed by atoms with Crippen LogP contribution in [0.2, 0.25) is 8.26 Å². The van der Waals surface area contributed by atoms with Crippen molar-refractivity contribution in [2.75, 3.05) is 0 Å². The number of hydrogen-bond acceptors (Lipinski definition) is 0. The Bertz CT molecular complexity index is 1640. The number of hydrogen-bond donors (Lipinski definition) is 0. The van der Waals surface area contributed by atoms with Gasteiger partial charge in [-0.05, 0) is 0 Å². The van der Waals surface area contributed by atoms with Crippen molar-refractivity contribution in [2.24, 2.45) is 0 Å². The molecule has 4 aromatic carbocycles. The van der Waals surface area contributed by atoms with E-state index in [4.69, 9.17) is 0 Å². The van der Waals surface area contributed by atoms with Crippen molar-refractivity contribution in [3.05, 3.63) is 128 Å². The van der Waals surface area contributed by atoms with Gasteiger partial charge in [0.2, 0.25) is 0 Å². The van der Waals surface area contributed by atoms with Gasteiger partial charge in [-0.15, -0.1) is 0 Å². The van der Waals surface area contributed by atoms with Crippen LogP contribution in [0.3, 0.4) is 0 Å². The molecule has 0 amide bonds. The fourth-order valence-corrected chi connectivity index (χ4v) is 26.7. The summed E-state index contributed by atoms with van der Waals surface area (Å²) in [6.07, 6.45) is 7.61. The van der Waals surface area contributed by atoms with E-state index < -0.39 is 20.3 Å². The first-order valence-corrected chi connectivity index (χ1v) is 22.0. The zero-order valence-corrected chi connectivity index (χ0v) is 30.3. The Labute approximate surface area is 275 Å².